The van der Waals surface area contributed by atoms with Crippen LogP contribution in [0.4, 0.5) is 5.69 Å². The lowest BCUT2D eigenvalue weighted by atomic mass is 9.96. The molecule has 6 heteroatoms. The van der Waals surface area contributed by atoms with Crippen LogP contribution in [0.1, 0.15) is 37.9 Å². The van der Waals surface area contributed by atoms with Crippen molar-refractivity contribution in [1.29, 1.82) is 0 Å². The van der Waals surface area contributed by atoms with Crippen molar-refractivity contribution in [2.24, 2.45) is 0 Å². The minimum absolute atomic E-state index is 0.0609. The highest BCUT2D eigenvalue weighted by Crippen LogP contribution is 2.30. The molecule has 0 bridgehead atoms. The lowest BCUT2D eigenvalue weighted by Crippen LogP contribution is -2.50. The third-order valence-electron chi connectivity index (χ3n) is 6.72. The molecule has 0 aliphatic carbocycles. The van der Waals surface area contributed by atoms with Gasteiger partial charge in [0, 0.05) is 29.7 Å². The summed E-state index contributed by atoms with van der Waals surface area (Å²) in [7, 11) is 0. The van der Waals surface area contributed by atoms with Crippen molar-refractivity contribution in [2.75, 3.05) is 31.5 Å². The molecule has 186 valence electrons. The van der Waals surface area contributed by atoms with E-state index in [-0.39, 0.29) is 17.9 Å². The van der Waals surface area contributed by atoms with Gasteiger partial charge in [-0.2, -0.15) is 0 Å². The lowest BCUT2D eigenvalue weighted by Gasteiger charge is -2.40. The van der Waals surface area contributed by atoms with Gasteiger partial charge in [-0.3, -0.25) is 14.5 Å². The van der Waals surface area contributed by atoms with Gasteiger partial charge in [0.25, 0.3) is 11.8 Å². The van der Waals surface area contributed by atoms with E-state index in [1.807, 2.05) is 47.4 Å². The van der Waals surface area contributed by atoms with Crippen molar-refractivity contribution in [3.05, 3.63) is 135 Å². The third kappa shape index (κ3) is 5.76. The van der Waals surface area contributed by atoms with Gasteiger partial charge in [0.2, 0.25) is 0 Å². The summed E-state index contributed by atoms with van der Waals surface area (Å²) in [5.74, 6) is -0.280. The van der Waals surface area contributed by atoms with E-state index in [0.717, 1.165) is 16.7 Å². The molecule has 4 aromatic rings. The highest BCUT2D eigenvalue weighted by atomic mass is 127. The normalized spacial score (nSPS) is 13.9. The average Bonchev–Trinajstić information content (AvgIpc) is 2.95. The van der Waals surface area contributed by atoms with E-state index in [9.17, 15) is 9.59 Å². The van der Waals surface area contributed by atoms with Crippen LogP contribution >= 0.6 is 22.6 Å². The van der Waals surface area contributed by atoms with Gasteiger partial charge in [0.15, 0.2) is 0 Å². The van der Waals surface area contributed by atoms with Crippen molar-refractivity contribution in [3.8, 4) is 0 Å². The van der Waals surface area contributed by atoms with Crippen LogP contribution in [-0.2, 0) is 0 Å². The first kappa shape index (κ1) is 25.2. The molecule has 1 saturated heterocycles. The highest BCUT2D eigenvalue weighted by molar-refractivity contribution is 14.1. The van der Waals surface area contributed by atoms with Gasteiger partial charge in [0.05, 0.1) is 22.9 Å². The predicted octanol–water partition coefficient (Wildman–Crippen LogP) is 6.09. The second kappa shape index (κ2) is 11.7. The lowest BCUT2D eigenvalue weighted by molar-refractivity contribution is 0.0598. The summed E-state index contributed by atoms with van der Waals surface area (Å²) in [6.07, 6.45) is 0. The summed E-state index contributed by atoms with van der Waals surface area (Å²) in [6, 6.07) is 35.9. The summed E-state index contributed by atoms with van der Waals surface area (Å²) in [6.45, 7) is 2.76. The Morgan fingerprint density at radius 2 is 1.16 bits per heavy atom. The number of nitrogens with zero attached hydrogens (tertiary/aromatic N) is 2. The zero-order chi connectivity index (χ0) is 25.6. The zero-order valence-electron chi connectivity index (χ0n) is 20.4. The van der Waals surface area contributed by atoms with E-state index < -0.39 is 0 Å². The van der Waals surface area contributed by atoms with Gasteiger partial charge in [-0.1, -0.05) is 84.9 Å². The molecule has 2 amide bonds. The van der Waals surface area contributed by atoms with Crippen LogP contribution in [0.3, 0.4) is 0 Å². The first-order chi connectivity index (χ1) is 18.1. The molecule has 5 rings (SSSR count). The Bertz CT molecular complexity index is 1330. The SMILES string of the molecule is O=C(Nc1ccccc1C(=O)N1CCN(C(c2ccccc2)c2ccccc2)CC1)c1ccccc1I. The van der Waals surface area contributed by atoms with Crippen LogP contribution in [-0.4, -0.2) is 47.8 Å². The van der Waals surface area contributed by atoms with Gasteiger partial charge in [-0.05, 0) is 58.0 Å². The number of anilines is 1. The Kier molecular flexibility index (Phi) is 7.96. The Morgan fingerprint density at radius 3 is 1.76 bits per heavy atom. The molecule has 0 atom stereocenters. The summed E-state index contributed by atoms with van der Waals surface area (Å²) in [5, 5.41) is 2.96. The Hall–Kier alpha value is -3.49. The molecule has 5 nitrogen and oxygen atoms in total. The number of piperazine rings is 1. The van der Waals surface area contributed by atoms with E-state index in [2.05, 4.69) is 81.3 Å². The maximum Gasteiger partial charge on any atom is 0.256 e. The molecule has 0 radical (unpaired) electrons. The summed E-state index contributed by atoms with van der Waals surface area (Å²) in [4.78, 5) is 30.8. The molecule has 1 heterocycles. The van der Waals surface area contributed by atoms with E-state index in [1.54, 1.807) is 18.2 Å². The standard InChI is InChI=1S/C31H28IN3O2/c32-27-17-9-7-15-25(27)30(36)33-28-18-10-8-16-26(28)31(37)35-21-19-34(20-22-35)29(23-11-3-1-4-12-23)24-13-5-2-6-14-24/h1-18,29H,19-22H2,(H,33,36). The monoisotopic (exact) mass is 601 g/mol. The maximum absolute atomic E-state index is 13.6. The van der Waals surface area contributed by atoms with E-state index in [1.165, 1.54) is 11.1 Å². The Morgan fingerprint density at radius 1 is 0.649 bits per heavy atom. The maximum atomic E-state index is 13.6. The number of amides is 2. The first-order valence-electron chi connectivity index (χ1n) is 12.4. The fourth-order valence-electron chi connectivity index (χ4n) is 4.85. The second-order valence-electron chi connectivity index (χ2n) is 9.03. The van der Waals surface area contributed by atoms with Crippen molar-refractivity contribution < 1.29 is 9.59 Å². The van der Waals surface area contributed by atoms with E-state index in [0.29, 0.717) is 29.9 Å². The molecule has 1 aliphatic heterocycles. The first-order valence-corrected chi connectivity index (χ1v) is 13.5. The highest BCUT2D eigenvalue weighted by Gasteiger charge is 2.29. The number of hydrogen-bond donors (Lipinski definition) is 1. The van der Waals surface area contributed by atoms with Crippen molar-refractivity contribution >= 4 is 40.1 Å². The van der Waals surface area contributed by atoms with Gasteiger partial charge in [-0.25, -0.2) is 0 Å². The Labute approximate surface area is 231 Å². The number of carbonyl (C=O) groups excluding carboxylic acids is 2. The van der Waals surface area contributed by atoms with Crippen LogP contribution < -0.4 is 5.32 Å². The molecule has 0 spiro atoms. The minimum Gasteiger partial charge on any atom is -0.336 e. The van der Waals surface area contributed by atoms with Crippen molar-refractivity contribution in [2.45, 2.75) is 6.04 Å². The molecule has 1 N–H and O–H groups in total. The van der Waals surface area contributed by atoms with E-state index in [4.69, 9.17) is 0 Å². The number of rotatable bonds is 6. The molecule has 1 fully saturated rings. The fourth-order valence-corrected chi connectivity index (χ4v) is 5.48. The van der Waals surface area contributed by atoms with Crippen LogP contribution in [0.2, 0.25) is 0 Å². The summed E-state index contributed by atoms with van der Waals surface area (Å²) >= 11 is 2.15. The fraction of sp³-hybridized carbons (Fsp3) is 0.161. The molecule has 37 heavy (non-hydrogen) atoms. The minimum atomic E-state index is -0.219. The average molecular weight is 601 g/mol. The topological polar surface area (TPSA) is 52.7 Å². The van der Waals surface area contributed by atoms with Gasteiger partial charge in [-0.15, -0.1) is 0 Å². The molecule has 0 saturated carbocycles. The molecular formula is C31H28IN3O2. The largest absolute Gasteiger partial charge is 0.336 e. The summed E-state index contributed by atoms with van der Waals surface area (Å²) < 4.78 is 0.865. The smallest absolute Gasteiger partial charge is 0.256 e. The molecule has 0 unspecified atom stereocenters. The number of benzene rings is 4. The number of hydrogen-bond acceptors (Lipinski definition) is 3. The van der Waals surface area contributed by atoms with E-state index >= 15 is 0 Å². The molecule has 1 aliphatic rings. The van der Waals surface area contributed by atoms with Crippen LogP contribution in [0.25, 0.3) is 0 Å². The number of halogens is 1. The number of carbonyl (C=O) groups is 2. The third-order valence-corrected chi connectivity index (χ3v) is 7.66. The molecule has 4 aromatic carbocycles. The second-order valence-corrected chi connectivity index (χ2v) is 10.2. The molecular weight excluding hydrogens is 573 g/mol. The predicted molar refractivity (Wildman–Crippen MR) is 156 cm³/mol. The van der Waals surface area contributed by atoms with Crippen LogP contribution in [0.15, 0.2) is 109 Å². The quantitative estimate of drug-likeness (QED) is 0.272. The molecule has 0 aromatic heterocycles. The number of nitrogens with one attached hydrogen (secondary N) is 1. The van der Waals surface area contributed by atoms with Crippen LogP contribution in [0, 0.1) is 3.57 Å². The van der Waals surface area contributed by atoms with Crippen molar-refractivity contribution in [3.63, 3.8) is 0 Å². The van der Waals surface area contributed by atoms with Crippen molar-refractivity contribution in [1.82, 2.24) is 9.80 Å². The van der Waals surface area contributed by atoms with Crippen LogP contribution in [0.5, 0.6) is 0 Å². The van der Waals surface area contributed by atoms with Gasteiger partial charge in [0.1, 0.15) is 0 Å². The van der Waals surface area contributed by atoms with Gasteiger partial charge < -0.3 is 10.2 Å². The van der Waals surface area contributed by atoms with Gasteiger partial charge >= 0.3 is 0 Å². The number of para-hydroxylation sites is 1. The zero-order valence-corrected chi connectivity index (χ0v) is 22.5. The summed E-state index contributed by atoms with van der Waals surface area (Å²) in [5.41, 5.74) is 4.13. The Balaban J connectivity index is 1.31.